The number of carbonyl (C=O) groups excluding carboxylic acids is 4. The van der Waals surface area contributed by atoms with E-state index in [0.29, 0.717) is 45.4 Å². The summed E-state index contributed by atoms with van der Waals surface area (Å²) in [6.07, 6.45) is 0.727. The molecule has 0 aliphatic carbocycles. The molecule has 0 radical (unpaired) electrons. The Bertz CT molecular complexity index is 608. The topological polar surface area (TPSA) is 93.2 Å². The van der Waals surface area contributed by atoms with E-state index < -0.39 is 11.2 Å². The van der Waals surface area contributed by atoms with Crippen LogP contribution >= 0.6 is 0 Å². The maximum Gasteiger partial charge on any atom is 0.410 e. The van der Waals surface area contributed by atoms with Crippen molar-refractivity contribution in [1.82, 2.24) is 9.80 Å². The smallest absolute Gasteiger partial charge is 0.410 e. The van der Waals surface area contributed by atoms with E-state index in [-0.39, 0.29) is 29.7 Å². The minimum absolute atomic E-state index is 0.0636. The number of ether oxygens (including phenoxy) is 2. The van der Waals surface area contributed by atoms with E-state index in [1.54, 1.807) is 9.80 Å². The average Bonchev–Trinajstić information content (AvgIpc) is 2.55. The third-order valence-electron chi connectivity index (χ3n) is 4.30. The van der Waals surface area contributed by atoms with E-state index in [9.17, 15) is 19.2 Å². The van der Waals surface area contributed by atoms with Crippen molar-refractivity contribution in [2.75, 3.05) is 26.2 Å². The second kappa shape index (κ2) is 10.1. The van der Waals surface area contributed by atoms with E-state index in [0.717, 1.165) is 0 Å². The van der Waals surface area contributed by atoms with Crippen molar-refractivity contribution in [3.05, 3.63) is 0 Å². The molecule has 2 aliphatic heterocycles. The van der Waals surface area contributed by atoms with Crippen molar-refractivity contribution < 1.29 is 28.7 Å². The number of likely N-dealkylation sites (tertiary alicyclic amines) is 2. The summed E-state index contributed by atoms with van der Waals surface area (Å²) in [5.41, 5.74) is -0.930. The van der Waals surface area contributed by atoms with Crippen molar-refractivity contribution in [1.29, 1.82) is 0 Å². The number of Topliss-reactive ketones (excluding diaryl/α,β-unsaturated/α-hetero) is 2. The Labute approximate surface area is 173 Å². The molecule has 0 N–H and O–H groups in total. The zero-order valence-corrected chi connectivity index (χ0v) is 18.9. The summed E-state index contributed by atoms with van der Waals surface area (Å²) in [6.45, 7) is 14.8. The Hall–Kier alpha value is -2.12. The van der Waals surface area contributed by atoms with Crippen LogP contribution in [0, 0.1) is 5.92 Å². The first-order valence-corrected chi connectivity index (χ1v) is 10.2. The van der Waals surface area contributed by atoms with E-state index in [1.807, 2.05) is 48.5 Å². The fourth-order valence-corrected chi connectivity index (χ4v) is 2.77. The van der Waals surface area contributed by atoms with Gasteiger partial charge in [0.05, 0.1) is 0 Å². The molecule has 2 fully saturated rings. The number of nitrogens with zero attached hydrogens (tertiary/aromatic N) is 2. The van der Waals surface area contributed by atoms with Gasteiger partial charge < -0.3 is 19.3 Å². The highest BCUT2D eigenvalue weighted by Gasteiger charge is 2.29. The van der Waals surface area contributed by atoms with Gasteiger partial charge in [-0.05, 0) is 41.5 Å². The number of carbonyl (C=O) groups is 4. The van der Waals surface area contributed by atoms with Crippen LogP contribution in [-0.2, 0) is 19.1 Å². The van der Waals surface area contributed by atoms with E-state index in [4.69, 9.17) is 9.47 Å². The van der Waals surface area contributed by atoms with Gasteiger partial charge in [0.2, 0.25) is 0 Å². The van der Waals surface area contributed by atoms with Crippen molar-refractivity contribution in [2.45, 2.75) is 78.9 Å². The fraction of sp³-hybridized carbons (Fsp3) is 0.810. The first-order valence-electron chi connectivity index (χ1n) is 10.2. The molecule has 0 spiro atoms. The van der Waals surface area contributed by atoms with Crippen LogP contribution in [0.1, 0.15) is 67.7 Å². The Morgan fingerprint density at radius 3 is 1.62 bits per heavy atom. The van der Waals surface area contributed by atoms with Crippen molar-refractivity contribution in [2.24, 2.45) is 5.92 Å². The average molecular weight is 413 g/mol. The summed E-state index contributed by atoms with van der Waals surface area (Å²) in [4.78, 5) is 48.6. The maximum absolute atomic E-state index is 11.7. The summed E-state index contributed by atoms with van der Waals surface area (Å²) in [7, 11) is 0. The maximum atomic E-state index is 11.7. The van der Waals surface area contributed by atoms with Crippen LogP contribution in [0.3, 0.4) is 0 Å². The molecule has 2 aliphatic rings. The molecule has 0 aromatic carbocycles. The van der Waals surface area contributed by atoms with E-state index in [2.05, 4.69) is 0 Å². The van der Waals surface area contributed by atoms with Crippen LogP contribution in [0.15, 0.2) is 0 Å². The minimum Gasteiger partial charge on any atom is -0.444 e. The molecule has 29 heavy (non-hydrogen) atoms. The number of ketones is 2. The Morgan fingerprint density at radius 1 is 0.793 bits per heavy atom. The lowest BCUT2D eigenvalue weighted by Crippen LogP contribution is -2.45. The van der Waals surface area contributed by atoms with Gasteiger partial charge in [0.1, 0.15) is 22.8 Å². The molecular formula is C21H36N2O6. The Morgan fingerprint density at radius 2 is 1.21 bits per heavy atom. The molecule has 2 saturated heterocycles. The number of rotatable bonds is 0. The van der Waals surface area contributed by atoms with Gasteiger partial charge in [0.25, 0.3) is 0 Å². The van der Waals surface area contributed by atoms with Gasteiger partial charge in [-0.2, -0.15) is 0 Å². The largest absolute Gasteiger partial charge is 0.444 e. The highest BCUT2D eigenvalue weighted by Crippen LogP contribution is 2.16. The lowest BCUT2D eigenvalue weighted by atomic mass is 9.99. The molecule has 0 saturated carbocycles. The third-order valence-corrected chi connectivity index (χ3v) is 4.30. The SMILES string of the molecule is CC(C)(C)OC(=O)N1CCC(=O)CC1.CC1CN(C(=O)OC(C)(C)C)CCC1=O. The van der Waals surface area contributed by atoms with Gasteiger partial charge in [-0.25, -0.2) is 9.59 Å². The molecule has 8 nitrogen and oxygen atoms in total. The molecule has 1 atom stereocenters. The second-order valence-corrected chi connectivity index (χ2v) is 9.55. The third kappa shape index (κ3) is 9.76. The van der Waals surface area contributed by atoms with E-state index >= 15 is 0 Å². The zero-order valence-electron chi connectivity index (χ0n) is 18.9. The van der Waals surface area contributed by atoms with Gasteiger partial charge in [-0.1, -0.05) is 6.92 Å². The minimum atomic E-state index is -0.470. The van der Waals surface area contributed by atoms with Gasteiger partial charge in [-0.15, -0.1) is 0 Å². The molecule has 1 unspecified atom stereocenters. The first-order chi connectivity index (χ1) is 13.2. The van der Waals surface area contributed by atoms with Crippen LogP contribution < -0.4 is 0 Å². The fourth-order valence-electron chi connectivity index (χ4n) is 2.77. The molecule has 0 aromatic heterocycles. The summed E-state index contributed by atoms with van der Waals surface area (Å²) in [5, 5.41) is 0. The van der Waals surface area contributed by atoms with Gasteiger partial charge in [0.15, 0.2) is 0 Å². The molecule has 0 bridgehead atoms. The lowest BCUT2D eigenvalue weighted by Gasteiger charge is -2.32. The van der Waals surface area contributed by atoms with Crippen LogP contribution in [0.2, 0.25) is 0 Å². The Balaban J connectivity index is 0.000000291. The predicted molar refractivity (Wildman–Crippen MR) is 109 cm³/mol. The van der Waals surface area contributed by atoms with E-state index in [1.165, 1.54) is 0 Å². The second-order valence-electron chi connectivity index (χ2n) is 9.55. The van der Waals surface area contributed by atoms with Crippen LogP contribution in [0.5, 0.6) is 0 Å². The van der Waals surface area contributed by atoms with Crippen molar-refractivity contribution in [3.8, 4) is 0 Å². The van der Waals surface area contributed by atoms with Crippen molar-refractivity contribution >= 4 is 23.8 Å². The van der Waals surface area contributed by atoms with Crippen LogP contribution in [0.4, 0.5) is 9.59 Å². The summed E-state index contributed by atoms with van der Waals surface area (Å²) >= 11 is 0. The van der Waals surface area contributed by atoms with Gasteiger partial charge in [-0.3, -0.25) is 9.59 Å². The molecule has 2 rings (SSSR count). The summed E-state index contributed by atoms with van der Waals surface area (Å²) in [6, 6.07) is 0. The molecule has 8 heteroatoms. The molecular weight excluding hydrogens is 376 g/mol. The molecule has 0 aromatic rings. The molecule has 166 valence electrons. The van der Waals surface area contributed by atoms with Gasteiger partial charge >= 0.3 is 12.2 Å². The highest BCUT2D eigenvalue weighted by molar-refractivity contribution is 5.83. The number of piperidine rings is 2. The van der Waals surface area contributed by atoms with Crippen LogP contribution in [-0.4, -0.2) is 70.9 Å². The standard InChI is InChI=1S/C11H19NO3.C10H17NO3/c1-8-7-12(6-5-9(8)13)10(14)15-11(2,3)4;1-10(2,3)14-9(13)11-6-4-8(12)5-7-11/h8H,5-7H2,1-4H3;4-7H2,1-3H3. The first kappa shape index (κ1) is 24.9. The highest BCUT2D eigenvalue weighted by atomic mass is 16.6. The Kier molecular flexibility index (Phi) is 8.65. The molecule has 2 heterocycles. The number of hydrogen-bond acceptors (Lipinski definition) is 6. The normalized spacial score (nSPS) is 20.6. The predicted octanol–water partition coefficient (Wildman–Crippen LogP) is 3.42. The number of hydrogen-bond donors (Lipinski definition) is 0. The molecule has 2 amide bonds. The monoisotopic (exact) mass is 412 g/mol. The quantitative estimate of drug-likeness (QED) is 0.605. The van der Waals surface area contributed by atoms with Crippen LogP contribution in [0.25, 0.3) is 0 Å². The van der Waals surface area contributed by atoms with Crippen molar-refractivity contribution in [3.63, 3.8) is 0 Å². The number of amides is 2. The van der Waals surface area contributed by atoms with Gasteiger partial charge in [0, 0.05) is 51.4 Å². The lowest BCUT2D eigenvalue weighted by molar-refractivity contribution is -0.125. The summed E-state index contributed by atoms with van der Waals surface area (Å²) in [5.74, 6) is 0.394. The zero-order chi connectivity index (χ0) is 22.4. The summed E-state index contributed by atoms with van der Waals surface area (Å²) < 4.78 is 10.4.